The van der Waals surface area contributed by atoms with Crippen molar-refractivity contribution in [3.8, 4) is 0 Å². The van der Waals surface area contributed by atoms with Crippen LogP contribution in [0.3, 0.4) is 0 Å². The molecule has 3 heteroatoms. The Labute approximate surface area is 127 Å². The number of thiocarbonyl (C=S) groups is 1. The van der Waals surface area contributed by atoms with Crippen LogP contribution < -0.4 is 0 Å². The summed E-state index contributed by atoms with van der Waals surface area (Å²) in [5.41, 5.74) is 2.64. The fraction of sp³-hybridized carbons (Fsp3) is 0.588. The zero-order valence-corrected chi connectivity index (χ0v) is 13.0. The van der Waals surface area contributed by atoms with Crippen LogP contribution in [0.1, 0.15) is 36.8 Å². The number of nitrogens with zero attached hydrogens (tertiary/aromatic N) is 1. The summed E-state index contributed by atoms with van der Waals surface area (Å²) in [6.45, 7) is 5.87. The van der Waals surface area contributed by atoms with Gasteiger partial charge in [-0.1, -0.05) is 54.9 Å². The normalized spacial score (nSPS) is 22.9. The van der Waals surface area contributed by atoms with Gasteiger partial charge in [-0.05, 0) is 25.3 Å². The van der Waals surface area contributed by atoms with Crippen molar-refractivity contribution in [3.05, 3.63) is 35.4 Å². The standard InChI is InChI=1S/C17H23NOS/c1-14-5-4-6-15(13-14)16(20)17(7-2-3-8-17)18-9-11-19-12-10-18/h4-6,13H,2-3,7-12H2,1H3. The van der Waals surface area contributed by atoms with Crippen molar-refractivity contribution in [3.63, 3.8) is 0 Å². The van der Waals surface area contributed by atoms with Gasteiger partial charge >= 0.3 is 0 Å². The Morgan fingerprint density at radius 2 is 1.90 bits per heavy atom. The Bertz CT molecular complexity index is 488. The van der Waals surface area contributed by atoms with Crippen LogP contribution in [0.4, 0.5) is 0 Å². The van der Waals surface area contributed by atoms with Crippen molar-refractivity contribution >= 4 is 17.1 Å². The number of morpholine rings is 1. The van der Waals surface area contributed by atoms with Gasteiger partial charge in [-0.3, -0.25) is 4.90 Å². The molecule has 1 heterocycles. The van der Waals surface area contributed by atoms with Gasteiger partial charge in [0, 0.05) is 18.0 Å². The fourth-order valence-corrected chi connectivity index (χ4v) is 4.15. The smallest absolute Gasteiger partial charge is 0.0594 e. The summed E-state index contributed by atoms with van der Waals surface area (Å²) < 4.78 is 5.52. The Hall–Kier alpha value is -0.770. The number of ether oxygens (including phenoxy) is 1. The molecule has 1 saturated carbocycles. The summed E-state index contributed by atoms with van der Waals surface area (Å²) in [5, 5.41) is 0. The maximum Gasteiger partial charge on any atom is 0.0594 e. The molecule has 108 valence electrons. The molecule has 0 atom stereocenters. The van der Waals surface area contributed by atoms with Gasteiger partial charge in [0.1, 0.15) is 0 Å². The van der Waals surface area contributed by atoms with Crippen molar-refractivity contribution in [1.29, 1.82) is 0 Å². The van der Waals surface area contributed by atoms with Gasteiger partial charge in [0.25, 0.3) is 0 Å². The van der Waals surface area contributed by atoms with Crippen LogP contribution in [0.2, 0.25) is 0 Å². The molecule has 1 saturated heterocycles. The van der Waals surface area contributed by atoms with Gasteiger partial charge < -0.3 is 4.74 Å². The quantitative estimate of drug-likeness (QED) is 0.625. The molecule has 3 rings (SSSR count). The van der Waals surface area contributed by atoms with Gasteiger partial charge in [-0.25, -0.2) is 0 Å². The first-order valence-corrected chi connectivity index (χ1v) is 8.07. The van der Waals surface area contributed by atoms with E-state index in [1.807, 2.05) is 0 Å². The first kappa shape index (κ1) is 14.2. The van der Waals surface area contributed by atoms with Crippen molar-refractivity contribution in [2.24, 2.45) is 0 Å². The molecule has 2 aliphatic rings. The van der Waals surface area contributed by atoms with Gasteiger partial charge in [-0.15, -0.1) is 0 Å². The van der Waals surface area contributed by atoms with Crippen LogP contribution in [0.15, 0.2) is 24.3 Å². The zero-order chi connectivity index (χ0) is 14.0. The molecule has 0 spiro atoms. The van der Waals surface area contributed by atoms with E-state index in [0.717, 1.165) is 31.2 Å². The highest BCUT2D eigenvalue weighted by Gasteiger charge is 2.43. The second-order valence-corrected chi connectivity index (χ2v) is 6.44. The molecule has 20 heavy (non-hydrogen) atoms. The van der Waals surface area contributed by atoms with Crippen LogP contribution in [0.25, 0.3) is 0 Å². The van der Waals surface area contributed by atoms with Gasteiger partial charge in [-0.2, -0.15) is 0 Å². The maximum atomic E-state index is 5.95. The molecule has 0 aromatic heterocycles. The molecule has 1 aromatic rings. The first-order chi connectivity index (χ1) is 9.72. The molecule has 1 aliphatic heterocycles. The van der Waals surface area contributed by atoms with E-state index in [1.165, 1.54) is 36.8 Å². The molecule has 1 aliphatic carbocycles. The highest BCUT2D eigenvalue weighted by Crippen LogP contribution is 2.39. The Balaban J connectivity index is 1.91. The molecule has 2 fully saturated rings. The van der Waals surface area contributed by atoms with E-state index < -0.39 is 0 Å². The average molecular weight is 289 g/mol. The van der Waals surface area contributed by atoms with Crippen molar-refractivity contribution < 1.29 is 4.74 Å². The van der Waals surface area contributed by atoms with E-state index in [1.54, 1.807) is 0 Å². The van der Waals surface area contributed by atoms with E-state index in [4.69, 9.17) is 17.0 Å². The van der Waals surface area contributed by atoms with Crippen LogP contribution in [0.5, 0.6) is 0 Å². The lowest BCUT2D eigenvalue weighted by molar-refractivity contribution is 0.00303. The Morgan fingerprint density at radius 1 is 1.20 bits per heavy atom. The van der Waals surface area contributed by atoms with E-state index in [0.29, 0.717) is 0 Å². The highest BCUT2D eigenvalue weighted by molar-refractivity contribution is 7.81. The van der Waals surface area contributed by atoms with Gasteiger partial charge in [0.05, 0.1) is 18.8 Å². The highest BCUT2D eigenvalue weighted by atomic mass is 32.1. The number of hydrogen-bond donors (Lipinski definition) is 0. The minimum atomic E-state index is 0.104. The van der Waals surface area contributed by atoms with Crippen LogP contribution in [-0.4, -0.2) is 41.6 Å². The molecule has 0 bridgehead atoms. The topological polar surface area (TPSA) is 12.5 Å². The number of aryl methyl sites for hydroxylation is 1. The van der Waals surface area contributed by atoms with Crippen LogP contribution >= 0.6 is 12.2 Å². The van der Waals surface area contributed by atoms with Crippen LogP contribution in [-0.2, 0) is 4.74 Å². The third-order valence-electron chi connectivity index (χ3n) is 4.75. The average Bonchev–Trinajstić information content (AvgIpc) is 2.98. The number of rotatable bonds is 3. The SMILES string of the molecule is Cc1cccc(C(=S)C2(N3CCOCC3)CCCC2)c1. The van der Waals surface area contributed by atoms with Crippen molar-refractivity contribution in [2.45, 2.75) is 38.1 Å². The van der Waals surface area contributed by atoms with Crippen molar-refractivity contribution in [2.75, 3.05) is 26.3 Å². The van der Waals surface area contributed by atoms with E-state index >= 15 is 0 Å². The summed E-state index contributed by atoms with van der Waals surface area (Å²) in [6, 6.07) is 8.68. The van der Waals surface area contributed by atoms with Gasteiger partial charge in [0.15, 0.2) is 0 Å². The minimum absolute atomic E-state index is 0.104. The zero-order valence-electron chi connectivity index (χ0n) is 12.2. The lowest BCUT2D eigenvalue weighted by Gasteiger charge is -2.44. The number of benzene rings is 1. The molecule has 0 radical (unpaired) electrons. The molecule has 0 unspecified atom stereocenters. The molecule has 1 aromatic carbocycles. The number of hydrogen-bond acceptors (Lipinski definition) is 3. The largest absolute Gasteiger partial charge is 0.379 e. The summed E-state index contributed by atoms with van der Waals surface area (Å²) >= 11 is 5.95. The first-order valence-electron chi connectivity index (χ1n) is 7.67. The van der Waals surface area contributed by atoms with Crippen molar-refractivity contribution in [1.82, 2.24) is 4.90 Å². The summed E-state index contributed by atoms with van der Waals surface area (Å²) in [5.74, 6) is 0. The van der Waals surface area contributed by atoms with Gasteiger partial charge in [0.2, 0.25) is 0 Å². The molecular formula is C17H23NOS. The van der Waals surface area contributed by atoms with E-state index in [-0.39, 0.29) is 5.54 Å². The minimum Gasteiger partial charge on any atom is -0.379 e. The fourth-order valence-electron chi connectivity index (χ4n) is 3.69. The van der Waals surface area contributed by atoms with Crippen LogP contribution in [0, 0.1) is 6.92 Å². The summed E-state index contributed by atoms with van der Waals surface area (Å²) in [7, 11) is 0. The lowest BCUT2D eigenvalue weighted by atomic mass is 9.86. The summed E-state index contributed by atoms with van der Waals surface area (Å²) in [6.07, 6.45) is 5.01. The lowest BCUT2D eigenvalue weighted by Crippen LogP contribution is -2.56. The molecular weight excluding hydrogens is 266 g/mol. The Kier molecular flexibility index (Phi) is 4.20. The Morgan fingerprint density at radius 3 is 2.55 bits per heavy atom. The van der Waals surface area contributed by atoms with E-state index in [2.05, 4.69) is 36.1 Å². The third kappa shape index (κ3) is 2.54. The molecule has 0 amide bonds. The summed E-state index contributed by atoms with van der Waals surface area (Å²) in [4.78, 5) is 3.74. The monoisotopic (exact) mass is 289 g/mol. The third-order valence-corrected chi connectivity index (χ3v) is 5.37. The molecule has 0 N–H and O–H groups in total. The maximum absolute atomic E-state index is 5.95. The second-order valence-electron chi connectivity index (χ2n) is 6.04. The molecule has 2 nitrogen and oxygen atoms in total. The predicted molar refractivity (Wildman–Crippen MR) is 86.5 cm³/mol. The predicted octanol–water partition coefficient (Wildman–Crippen LogP) is 3.36. The second kappa shape index (κ2) is 5.92. The van der Waals surface area contributed by atoms with E-state index in [9.17, 15) is 0 Å².